The number of hydrogen-bond acceptors (Lipinski definition) is 6. The summed E-state index contributed by atoms with van der Waals surface area (Å²) in [5.74, 6) is -0.769. The number of aliphatic imine (C=N–C) groups is 2. The molecule has 166 valence electrons. The first-order valence-electron chi connectivity index (χ1n) is 9.20. The average Bonchev–Trinajstić information content (AvgIpc) is 3.24. The minimum absolute atomic E-state index is 0.153. The first kappa shape index (κ1) is 23.6. The predicted molar refractivity (Wildman–Crippen MR) is 125 cm³/mol. The molecule has 0 saturated heterocycles. The number of hydrogen-bond donors (Lipinski definition) is 6. The topological polar surface area (TPSA) is 228 Å². The number of carbonyl (C=O) groups excluding carboxylic acids is 2. The molecule has 0 fully saturated rings. The van der Waals surface area contributed by atoms with Crippen LogP contribution in [0.2, 0.25) is 0 Å². The molecule has 0 unspecified atom stereocenters. The fourth-order valence-electron chi connectivity index (χ4n) is 2.91. The van der Waals surface area contributed by atoms with Crippen molar-refractivity contribution in [2.75, 3.05) is 7.05 Å². The van der Waals surface area contributed by atoms with Crippen LogP contribution in [0.15, 0.2) is 62.9 Å². The molecule has 0 spiro atoms. The third-order valence-electron chi connectivity index (χ3n) is 4.16. The van der Waals surface area contributed by atoms with Crippen LogP contribution in [-0.4, -0.2) is 31.2 Å². The molecule has 11 nitrogen and oxygen atoms in total. The van der Waals surface area contributed by atoms with Crippen molar-refractivity contribution < 1.29 is 14.0 Å². The Bertz CT molecular complexity index is 1190. The number of nitrogens with zero attached hydrogens (tertiary/aromatic N) is 2. The van der Waals surface area contributed by atoms with Crippen molar-refractivity contribution in [1.82, 2.24) is 0 Å². The Morgan fingerprint density at radius 3 is 1.69 bits per heavy atom. The number of primary amides is 2. The second-order valence-electron chi connectivity index (χ2n) is 6.17. The van der Waals surface area contributed by atoms with Gasteiger partial charge in [0, 0.05) is 11.1 Å². The summed E-state index contributed by atoms with van der Waals surface area (Å²) in [6.07, 6.45) is 1.11. The number of carbonyl (C=O) groups is 2. The highest BCUT2D eigenvalue weighted by atomic mass is 16.3. The summed E-state index contributed by atoms with van der Waals surface area (Å²) in [6, 6.07) is 12.8. The quantitative estimate of drug-likeness (QED) is 0.241. The summed E-state index contributed by atoms with van der Waals surface area (Å²) in [5.41, 5.74) is 33.6. The van der Waals surface area contributed by atoms with Crippen molar-refractivity contribution in [3.8, 4) is 22.6 Å². The van der Waals surface area contributed by atoms with Gasteiger partial charge in [0.05, 0.1) is 28.8 Å². The van der Waals surface area contributed by atoms with E-state index >= 15 is 0 Å². The van der Waals surface area contributed by atoms with Crippen LogP contribution < -0.4 is 34.4 Å². The van der Waals surface area contributed by atoms with E-state index in [-0.39, 0.29) is 17.1 Å². The van der Waals surface area contributed by atoms with Gasteiger partial charge in [-0.1, -0.05) is 0 Å². The Kier molecular flexibility index (Phi) is 7.69. The second kappa shape index (κ2) is 10.4. The largest absolute Gasteiger partial charge is 0.456 e. The number of nitrogens with two attached hydrogens (primary N) is 6. The Balaban J connectivity index is 0.00000176. The van der Waals surface area contributed by atoms with Gasteiger partial charge in [-0.05, 0) is 55.6 Å². The highest BCUT2D eigenvalue weighted by Gasteiger charge is 2.18. The summed E-state index contributed by atoms with van der Waals surface area (Å²) in [6.45, 7) is 0. The summed E-state index contributed by atoms with van der Waals surface area (Å²) >= 11 is 0. The van der Waals surface area contributed by atoms with Gasteiger partial charge in [-0.2, -0.15) is 0 Å². The lowest BCUT2D eigenvalue weighted by Gasteiger charge is -2.07. The number of amides is 2. The van der Waals surface area contributed by atoms with Crippen LogP contribution in [0.5, 0.6) is 0 Å². The van der Waals surface area contributed by atoms with E-state index in [1.807, 2.05) is 0 Å². The molecule has 1 heterocycles. The van der Waals surface area contributed by atoms with Crippen molar-refractivity contribution in [1.29, 1.82) is 0 Å². The van der Waals surface area contributed by atoms with Crippen LogP contribution in [-0.2, 0) is 0 Å². The summed E-state index contributed by atoms with van der Waals surface area (Å²) < 4.78 is 5.89. The predicted octanol–water partition coefficient (Wildman–Crippen LogP) is 0.910. The lowest BCUT2D eigenvalue weighted by Crippen LogP contribution is -2.22. The molecule has 3 aromatic rings. The molecule has 11 heteroatoms. The molecule has 2 aromatic carbocycles. The smallest absolute Gasteiger partial charge is 0.249 e. The van der Waals surface area contributed by atoms with E-state index in [1.54, 1.807) is 36.4 Å². The minimum Gasteiger partial charge on any atom is -0.456 e. The molecule has 0 aliphatic rings. The van der Waals surface area contributed by atoms with Crippen LogP contribution in [0.1, 0.15) is 20.7 Å². The Labute approximate surface area is 183 Å². The lowest BCUT2D eigenvalue weighted by molar-refractivity contribution is 0.0992. The van der Waals surface area contributed by atoms with E-state index in [0.29, 0.717) is 34.0 Å². The lowest BCUT2D eigenvalue weighted by atomic mass is 10.0. The summed E-state index contributed by atoms with van der Waals surface area (Å²) in [7, 11) is 1.50. The molecule has 2 amide bonds. The van der Waals surface area contributed by atoms with Gasteiger partial charge in [0.25, 0.3) is 0 Å². The molecular formula is C21H24N8O3. The van der Waals surface area contributed by atoms with E-state index in [9.17, 15) is 9.59 Å². The van der Waals surface area contributed by atoms with Crippen molar-refractivity contribution in [3.63, 3.8) is 0 Å². The monoisotopic (exact) mass is 436 g/mol. The van der Waals surface area contributed by atoms with Gasteiger partial charge in [0.2, 0.25) is 11.8 Å². The van der Waals surface area contributed by atoms with Gasteiger partial charge in [0.15, 0.2) is 5.96 Å². The molecule has 0 atom stereocenters. The van der Waals surface area contributed by atoms with Gasteiger partial charge in [0.1, 0.15) is 11.5 Å². The zero-order valence-corrected chi connectivity index (χ0v) is 17.3. The number of guanidine groups is 1. The maximum Gasteiger partial charge on any atom is 0.249 e. The molecule has 12 N–H and O–H groups in total. The molecule has 0 aliphatic heterocycles. The number of rotatable bonds is 6. The van der Waals surface area contributed by atoms with Crippen molar-refractivity contribution in [2.24, 2.45) is 44.4 Å². The van der Waals surface area contributed by atoms with Gasteiger partial charge < -0.3 is 38.8 Å². The Morgan fingerprint density at radius 1 is 0.781 bits per heavy atom. The maximum absolute atomic E-state index is 11.9. The first-order valence-corrected chi connectivity index (χ1v) is 9.20. The normalized spacial score (nSPS) is 10.3. The maximum atomic E-state index is 11.9. The zero-order valence-electron chi connectivity index (χ0n) is 17.3. The number of benzene rings is 2. The van der Waals surface area contributed by atoms with Crippen LogP contribution in [0.4, 0.5) is 11.4 Å². The van der Waals surface area contributed by atoms with Crippen LogP contribution >= 0.6 is 0 Å². The molecular weight excluding hydrogens is 412 g/mol. The van der Waals surface area contributed by atoms with Crippen molar-refractivity contribution in [3.05, 3.63) is 59.7 Å². The summed E-state index contributed by atoms with van der Waals surface area (Å²) in [5, 5.41) is 0. The molecule has 32 heavy (non-hydrogen) atoms. The highest BCUT2D eigenvalue weighted by molar-refractivity contribution is 6.02. The Hall–Kier alpha value is -4.64. The summed E-state index contributed by atoms with van der Waals surface area (Å²) in [4.78, 5) is 31.7. The van der Waals surface area contributed by atoms with Crippen molar-refractivity contribution >= 4 is 35.5 Å². The number of furan rings is 1. The van der Waals surface area contributed by atoms with E-state index < -0.39 is 11.8 Å². The minimum atomic E-state index is -0.683. The third-order valence-corrected chi connectivity index (χ3v) is 4.16. The van der Waals surface area contributed by atoms with Gasteiger partial charge in [-0.3, -0.25) is 9.59 Å². The zero-order chi connectivity index (χ0) is 23.8. The SMILES string of the molecule is CN.NC=Nc1ccc(-c2ccc(-c3ccc(N=C(N)N)cc3C(N)=O)o2)c(C(N)=O)c1. The van der Waals surface area contributed by atoms with E-state index in [4.69, 9.17) is 33.1 Å². The van der Waals surface area contributed by atoms with E-state index in [0.717, 1.165) is 6.34 Å². The molecule has 1 aromatic heterocycles. The fraction of sp³-hybridized carbons (Fsp3) is 0.0476. The molecule has 3 rings (SSSR count). The van der Waals surface area contributed by atoms with Gasteiger partial charge in [-0.25, -0.2) is 9.98 Å². The van der Waals surface area contributed by atoms with Gasteiger partial charge in [-0.15, -0.1) is 0 Å². The fourth-order valence-corrected chi connectivity index (χ4v) is 2.91. The van der Waals surface area contributed by atoms with E-state index in [2.05, 4.69) is 15.7 Å². The second-order valence-corrected chi connectivity index (χ2v) is 6.17. The standard InChI is InChI=1S/C20H19N7O3.CH5N/c21-9-26-10-1-3-12(14(7-10)18(22)28)16-5-6-17(30-16)13-4-2-11(27-20(24)25)8-15(13)19(23)29;1-2/h1-9H,(H2,21,26)(H2,22,28)(H2,23,29)(H4,24,25,27);2H2,1H3. The van der Waals surface area contributed by atoms with Crippen LogP contribution in [0.25, 0.3) is 22.6 Å². The van der Waals surface area contributed by atoms with E-state index in [1.165, 1.54) is 19.2 Å². The van der Waals surface area contributed by atoms with Crippen molar-refractivity contribution in [2.45, 2.75) is 0 Å². The average molecular weight is 436 g/mol. The molecule has 0 aliphatic carbocycles. The van der Waals surface area contributed by atoms with Gasteiger partial charge >= 0.3 is 0 Å². The first-order chi connectivity index (χ1) is 15.3. The molecule has 0 bridgehead atoms. The van der Waals surface area contributed by atoms with Crippen LogP contribution in [0, 0.1) is 0 Å². The highest BCUT2D eigenvalue weighted by Crippen LogP contribution is 2.34. The molecule has 0 radical (unpaired) electrons. The third kappa shape index (κ3) is 5.29. The Morgan fingerprint density at radius 2 is 1.25 bits per heavy atom. The van der Waals surface area contributed by atoms with Crippen LogP contribution in [0.3, 0.4) is 0 Å². The molecule has 0 saturated carbocycles.